The molecule has 1 N–H and O–H groups in total. The first kappa shape index (κ1) is 16.0. The number of aryl methyl sites for hydroxylation is 1. The average Bonchev–Trinajstić information content (AvgIpc) is 2.41. The van der Waals surface area contributed by atoms with Gasteiger partial charge in [0.2, 0.25) is 0 Å². The second-order valence-electron chi connectivity index (χ2n) is 5.14. The molecule has 0 aliphatic carbocycles. The van der Waals surface area contributed by atoms with Gasteiger partial charge >= 0.3 is 0 Å². The summed E-state index contributed by atoms with van der Waals surface area (Å²) in [6, 6.07) is 6.32. The van der Waals surface area contributed by atoms with Crippen LogP contribution in [0.3, 0.4) is 0 Å². The van der Waals surface area contributed by atoms with E-state index in [-0.39, 0.29) is 18.3 Å². The van der Waals surface area contributed by atoms with E-state index >= 15 is 0 Å². The van der Waals surface area contributed by atoms with Gasteiger partial charge < -0.3 is 10.2 Å². The molecule has 2 rings (SSSR count). The number of benzene rings is 1. The zero-order chi connectivity index (χ0) is 13.1. The molecular formula is C15H23ClN2O. The number of hydrogen-bond acceptors (Lipinski definition) is 2. The van der Waals surface area contributed by atoms with Gasteiger partial charge in [-0.2, -0.15) is 0 Å². The third-order valence-corrected chi connectivity index (χ3v) is 4.01. The van der Waals surface area contributed by atoms with Crippen molar-refractivity contribution in [2.45, 2.75) is 32.7 Å². The lowest BCUT2D eigenvalue weighted by molar-refractivity contribution is 0.0702. The zero-order valence-corrected chi connectivity index (χ0v) is 12.7. The van der Waals surface area contributed by atoms with E-state index in [9.17, 15) is 4.79 Å². The predicted octanol–water partition coefficient (Wildman–Crippen LogP) is 2.55. The maximum absolute atomic E-state index is 12.5. The number of piperidine rings is 1. The molecule has 1 heterocycles. The maximum Gasteiger partial charge on any atom is 0.254 e. The first-order valence-corrected chi connectivity index (χ1v) is 6.65. The minimum Gasteiger partial charge on any atom is -0.339 e. The van der Waals surface area contributed by atoms with Gasteiger partial charge in [-0.1, -0.05) is 12.1 Å². The summed E-state index contributed by atoms with van der Waals surface area (Å²) in [5.74, 6) is 0.156. The van der Waals surface area contributed by atoms with Crippen molar-refractivity contribution in [1.29, 1.82) is 0 Å². The summed E-state index contributed by atoms with van der Waals surface area (Å²) < 4.78 is 0. The lowest BCUT2D eigenvalue weighted by atomic mass is 10.00. The molecule has 1 amide bonds. The summed E-state index contributed by atoms with van der Waals surface area (Å²) in [5, 5.41) is 3.33. The molecule has 4 heteroatoms. The van der Waals surface area contributed by atoms with E-state index < -0.39 is 0 Å². The Bertz CT molecular complexity index is 442. The lowest BCUT2D eigenvalue weighted by Crippen LogP contribution is -2.44. The van der Waals surface area contributed by atoms with Crippen LogP contribution in [0.2, 0.25) is 0 Å². The molecule has 1 aromatic rings. The van der Waals surface area contributed by atoms with Gasteiger partial charge in [-0.15, -0.1) is 12.4 Å². The van der Waals surface area contributed by atoms with Crippen LogP contribution in [0.4, 0.5) is 0 Å². The van der Waals surface area contributed by atoms with E-state index in [1.807, 2.05) is 31.0 Å². The Hall–Kier alpha value is -1.06. The summed E-state index contributed by atoms with van der Waals surface area (Å²) in [6.45, 7) is 6.10. The summed E-state index contributed by atoms with van der Waals surface area (Å²) >= 11 is 0. The molecule has 0 aromatic heterocycles. The van der Waals surface area contributed by atoms with Gasteiger partial charge in [0.15, 0.2) is 0 Å². The average molecular weight is 283 g/mol. The maximum atomic E-state index is 12.5. The van der Waals surface area contributed by atoms with Crippen LogP contribution in [-0.2, 0) is 0 Å². The highest BCUT2D eigenvalue weighted by Gasteiger charge is 2.23. The molecule has 0 unspecified atom stereocenters. The zero-order valence-electron chi connectivity index (χ0n) is 11.9. The Morgan fingerprint density at radius 3 is 2.53 bits per heavy atom. The van der Waals surface area contributed by atoms with Crippen molar-refractivity contribution in [1.82, 2.24) is 10.2 Å². The number of carbonyl (C=O) groups excluding carboxylic acids is 1. The van der Waals surface area contributed by atoms with Gasteiger partial charge in [0.1, 0.15) is 0 Å². The fourth-order valence-corrected chi connectivity index (χ4v) is 2.53. The van der Waals surface area contributed by atoms with Crippen LogP contribution < -0.4 is 5.32 Å². The Labute approximate surface area is 121 Å². The van der Waals surface area contributed by atoms with Gasteiger partial charge in [0.25, 0.3) is 5.91 Å². The molecule has 1 fully saturated rings. The Balaban J connectivity index is 0.00000180. The fraction of sp³-hybridized carbons (Fsp3) is 0.533. The van der Waals surface area contributed by atoms with Crippen LogP contribution in [0.25, 0.3) is 0 Å². The van der Waals surface area contributed by atoms with Gasteiger partial charge in [-0.3, -0.25) is 4.79 Å². The van der Waals surface area contributed by atoms with E-state index in [1.165, 1.54) is 5.56 Å². The molecular weight excluding hydrogens is 260 g/mol. The molecule has 0 saturated carbocycles. The summed E-state index contributed by atoms with van der Waals surface area (Å²) in [5.41, 5.74) is 3.12. The van der Waals surface area contributed by atoms with Gasteiger partial charge in [0, 0.05) is 18.7 Å². The monoisotopic (exact) mass is 282 g/mol. The minimum absolute atomic E-state index is 0. The third-order valence-electron chi connectivity index (χ3n) is 4.01. The van der Waals surface area contributed by atoms with Crippen molar-refractivity contribution >= 4 is 18.3 Å². The van der Waals surface area contributed by atoms with E-state index in [4.69, 9.17) is 0 Å². The lowest BCUT2D eigenvalue weighted by Gasteiger charge is -2.32. The number of halogens is 1. The molecule has 0 spiro atoms. The predicted molar refractivity (Wildman–Crippen MR) is 81.1 cm³/mol. The normalized spacial score (nSPS) is 15.7. The number of amides is 1. The van der Waals surface area contributed by atoms with Crippen molar-refractivity contribution in [2.75, 3.05) is 20.1 Å². The topological polar surface area (TPSA) is 32.3 Å². The molecule has 106 valence electrons. The first-order chi connectivity index (χ1) is 8.61. The van der Waals surface area contributed by atoms with Crippen molar-refractivity contribution < 1.29 is 4.79 Å². The van der Waals surface area contributed by atoms with Crippen LogP contribution >= 0.6 is 12.4 Å². The molecule has 0 bridgehead atoms. The number of rotatable bonds is 2. The number of hydrogen-bond donors (Lipinski definition) is 1. The smallest absolute Gasteiger partial charge is 0.254 e. The van der Waals surface area contributed by atoms with Crippen LogP contribution in [0.15, 0.2) is 18.2 Å². The highest BCUT2D eigenvalue weighted by Crippen LogP contribution is 2.18. The Kier molecular flexibility index (Phi) is 5.83. The summed E-state index contributed by atoms with van der Waals surface area (Å²) in [6.07, 6.45) is 2.10. The van der Waals surface area contributed by atoms with Crippen molar-refractivity contribution in [3.05, 3.63) is 34.9 Å². The van der Waals surface area contributed by atoms with Crippen LogP contribution in [0, 0.1) is 13.8 Å². The van der Waals surface area contributed by atoms with E-state index in [0.29, 0.717) is 6.04 Å². The number of carbonyl (C=O) groups is 1. The van der Waals surface area contributed by atoms with E-state index in [1.54, 1.807) is 0 Å². The molecule has 1 aliphatic rings. The second kappa shape index (κ2) is 6.92. The number of nitrogens with one attached hydrogen (secondary N) is 1. The largest absolute Gasteiger partial charge is 0.339 e. The van der Waals surface area contributed by atoms with Crippen molar-refractivity contribution in [3.63, 3.8) is 0 Å². The molecule has 0 radical (unpaired) electrons. The highest BCUT2D eigenvalue weighted by atomic mass is 35.5. The van der Waals surface area contributed by atoms with Crippen LogP contribution in [-0.4, -0.2) is 37.0 Å². The standard InChI is InChI=1S/C15H22N2O.ClH/c1-11-5-4-6-14(12(11)2)15(18)17(3)13-7-9-16-10-8-13;/h4-6,13,16H,7-10H2,1-3H3;1H. The van der Waals surface area contributed by atoms with Crippen LogP contribution in [0.1, 0.15) is 34.3 Å². The summed E-state index contributed by atoms with van der Waals surface area (Å²) in [7, 11) is 1.93. The van der Waals surface area contributed by atoms with Gasteiger partial charge in [-0.25, -0.2) is 0 Å². The second-order valence-corrected chi connectivity index (χ2v) is 5.14. The molecule has 1 aliphatic heterocycles. The Morgan fingerprint density at radius 1 is 1.26 bits per heavy atom. The molecule has 1 aromatic carbocycles. The fourth-order valence-electron chi connectivity index (χ4n) is 2.53. The SMILES string of the molecule is Cc1cccc(C(=O)N(C)C2CCNCC2)c1C.Cl. The van der Waals surface area contributed by atoms with Crippen LogP contribution in [0.5, 0.6) is 0 Å². The van der Waals surface area contributed by atoms with Gasteiger partial charge in [-0.05, 0) is 57.0 Å². The quantitative estimate of drug-likeness (QED) is 0.904. The highest BCUT2D eigenvalue weighted by molar-refractivity contribution is 5.96. The van der Waals surface area contributed by atoms with Crippen molar-refractivity contribution in [2.24, 2.45) is 0 Å². The Morgan fingerprint density at radius 2 is 1.89 bits per heavy atom. The van der Waals surface area contributed by atoms with Crippen molar-refractivity contribution in [3.8, 4) is 0 Å². The van der Waals surface area contributed by atoms with E-state index in [0.717, 1.165) is 37.1 Å². The summed E-state index contributed by atoms with van der Waals surface area (Å²) in [4.78, 5) is 14.4. The third kappa shape index (κ3) is 3.48. The minimum atomic E-state index is 0. The molecule has 1 saturated heterocycles. The first-order valence-electron chi connectivity index (χ1n) is 6.65. The molecule has 19 heavy (non-hydrogen) atoms. The molecule has 0 atom stereocenters. The van der Waals surface area contributed by atoms with Gasteiger partial charge in [0.05, 0.1) is 0 Å². The number of nitrogens with zero attached hydrogens (tertiary/aromatic N) is 1. The molecule has 3 nitrogen and oxygen atoms in total. The van der Waals surface area contributed by atoms with E-state index in [2.05, 4.69) is 18.3 Å².